The lowest BCUT2D eigenvalue weighted by atomic mass is 10.2. The van der Waals surface area contributed by atoms with Gasteiger partial charge in [0.15, 0.2) is 17.3 Å². The summed E-state index contributed by atoms with van der Waals surface area (Å²) < 4.78 is 16.5. The van der Waals surface area contributed by atoms with Gasteiger partial charge in [0.25, 0.3) is 0 Å². The van der Waals surface area contributed by atoms with Crippen molar-refractivity contribution in [2.75, 3.05) is 20.3 Å². The van der Waals surface area contributed by atoms with Crippen LogP contribution in [0.25, 0.3) is 17.5 Å². The first-order valence-electron chi connectivity index (χ1n) is 9.73. The SMILES string of the molecule is CCOc1ccc(/C=C(\Sc2n[nH]c(-c3cc(Cl)ccc3OC)n2)C(=O)O)cc1OCC. The number of methoxy groups -OCH3 is 1. The molecule has 0 aliphatic carbocycles. The van der Waals surface area contributed by atoms with Gasteiger partial charge in [0.05, 0.1) is 25.9 Å². The fourth-order valence-corrected chi connectivity index (χ4v) is 3.70. The number of nitrogens with zero attached hydrogens (tertiary/aromatic N) is 2. The minimum absolute atomic E-state index is 0.0419. The lowest BCUT2D eigenvalue weighted by Gasteiger charge is -2.11. The largest absolute Gasteiger partial charge is 0.496 e. The van der Waals surface area contributed by atoms with E-state index >= 15 is 0 Å². The third-order valence-corrected chi connectivity index (χ3v) is 5.27. The maximum absolute atomic E-state index is 11.9. The molecule has 0 amide bonds. The van der Waals surface area contributed by atoms with Crippen molar-refractivity contribution in [3.63, 3.8) is 0 Å². The van der Waals surface area contributed by atoms with Gasteiger partial charge in [-0.15, -0.1) is 5.10 Å². The Morgan fingerprint density at radius 3 is 2.53 bits per heavy atom. The van der Waals surface area contributed by atoms with Crippen molar-refractivity contribution in [3.05, 3.63) is 51.9 Å². The minimum Gasteiger partial charge on any atom is -0.496 e. The summed E-state index contributed by atoms with van der Waals surface area (Å²) >= 11 is 7.00. The summed E-state index contributed by atoms with van der Waals surface area (Å²) in [5.74, 6) is 1.02. The lowest BCUT2D eigenvalue weighted by molar-refractivity contribution is -0.131. The first-order valence-corrected chi connectivity index (χ1v) is 10.9. The van der Waals surface area contributed by atoms with Crippen molar-refractivity contribution < 1.29 is 24.1 Å². The molecule has 0 radical (unpaired) electrons. The molecular formula is C22H22ClN3O5S. The lowest BCUT2D eigenvalue weighted by Crippen LogP contribution is -2.00. The third-order valence-electron chi connectivity index (χ3n) is 4.16. The van der Waals surface area contributed by atoms with E-state index in [9.17, 15) is 9.90 Å². The predicted octanol–water partition coefficient (Wildman–Crippen LogP) is 5.15. The summed E-state index contributed by atoms with van der Waals surface area (Å²) in [5.41, 5.74) is 1.27. The zero-order valence-electron chi connectivity index (χ0n) is 17.7. The number of rotatable bonds is 10. The summed E-state index contributed by atoms with van der Waals surface area (Å²) in [6.07, 6.45) is 1.53. The second-order valence-corrected chi connectivity index (χ2v) is 7.74. The van der Waals surface area contributed by atoms with Crippen LogP contribution in [0.4, 0.5) is 0 Å². The smallest absolute Gasteiger partial charge is 0.342 e. The molecule has 3 aromatic rings. The number of nitrogens with one attached hydrogen (secondary N) is 1. The van der Waals surface area contributed by atoms with Crippen LogP contribution in [0.1, 0.15) is 19.4 Å². The van der Waals surface area contributed by atoms with Crippen LogP contribution in [0.3, 0.4) is 0 Å². The van der Waals surface area contributed by atoms with Crippen molar-refractivity contribution in [1.29, 1.82) is 0 Å². The Bertz CT molecular complexity index is 1130. The van der Waals surface area contributed by atoms with Crippen LogP contribution in [0, 0.1) is 0 Å². The predicted molar refractivity (Wildman–Crippen MR) is 124 cm³/mol. The van der Waals surface area contributed by atoms with Crippen molar-refractivity contribution in [1.82, 2.24) is 15.2 Å². The maximum atomic E-state index is 11.9. The van der Waals surface area contributed by atoms with E-state index in [-0.39, 0.29) is 10.1 Å². The molecule has 10 heteroatoms. The number of ether oxygens (including phenoxy) is 3. The number of aromatic nitrogens is 3. The highest BCUT2D eigenvalue weighted by atomic mass is 35.5. The van der Waals surface area contributed by atoms with Gasteiger partial charge in [0, 0.05) is 5.02 Å². The average molecular weight is 476 g/mol. The molecule has 3 rings (SSSR count). The summed E-state index contributed by atoms with van der Waals surface area (Å²) in [5, 5.41) is 17.4. The average Bonchev–Trinajstić information content (AvgIpc) is 3.23. The van der Waals surface area contributed by atoms with Crippen LogP contribution in [-0.2, 0) is 4.79 Å². The highest BCUT2D eigenvalue weighted by Crippen LogP contribution is 2.34. The van der Waals surface area contributed by atoms with E-state index < -0.39 is 5.97 Å². The number of carboxylic acid groups (broad SMARTS) is 1. The molecule has 0 aliphatic heterocycles. The normalized spacial score (nSPS) is 11.3. The molecule has 0 fully saturated rings. The molecule has 2 N–H and O–H groups in total. The van der Waals surface area contributed by atoms with Gasteiger partial charge in [-0.3, -0.25) is 5.10 Å². The molecule has 0 saturated heterocycles. The third kappa shape index (κ3) is 5.74. The maximum Gasteiger partial charge on any atom is 0.342 e. The number of hydrogen-bond acceptors (Lipinski definition) is 7. The Hall–Kier alpha value is -3.17. The fourth-order valence-electron chi connectivity index (χ4n) is 2.82. The summed E-state index contributed by atoms with van der Waals surface area (Å²) in [7, 11) is 1.54. The van der Waals surface area contributed by atoms with E-state index in [2.05, 4.69) is 15.2 Å². The number of aliphatic carboxylic acids is 1. The van der Waals surface area contributed by atoms with Gasteiger partial charge in [-0.25, -0.2) is 9.78 Å². The van der Waals surface area contributed by atoms with Crippen LogP contribution in [0.2, 0.25) is 5.02 Å². The van der Waals surface area contributed by atoms with E-state index in [0.29, 0.717) is 52.4 Å². The number of hydrogen-bond donors (Lipinski definition) is 2. The van der Waals surface area contributed by atoms with Gasteiger partial charge in [-0.1, -0.05) is 17.7 Å². The summed E-state index contributed by atoms with van der Waals surface area (Å²) in [6, 6.07) is 10.4. The molecule has 0 spiro atoms. The standard InChI is InChI=1S/C22H22ClN3O5S/c1-4-30-17-8-6-13(10-18(17)31-5-2)11-19(21(27)28)32-22-24-20(25-26-22)15-12-14(23)7-9-16(15)29-3/h6-12H,4-5H2,1-3H3,(H,27,28)(H,24,25,26)/b19-11-. The Kier molecular flexibility index (Phi) is 8.02. The topological polar surface area (TPSA) is 107 Å². The molecule has 0 atom stereocenters. The zero-order chi connectivity index (χ0) is 23.1. The number of benzene rings is 2. The molecule has 0 unspecified atom stereocenters. The second kappa shape index (κ2) is 10.9. The van der Waals surface area contributed by atoms with Gasteiger partial charge in [0.2, 0.25) is 5.16 Å². The number of thioether (sulfide) groups is 1. The van der Waals surface area contributed by atoms with Crippen molar-refractivity contribution in [2.24, 2.45) is 0 Å². The summed E-state index contributed by atoms with van der Waals surface area (Å²) in [6.45, 7) is 4.70. The number of carboxylic acids is 1. The van der Waals surface area contributed by atoms with Crippen molar-refractivity contribution in [3.8, 4) is 28.6 Å². The van der Waals surface area contributed by atoms with Crippen LogP contribution in [0.15, 0.2) is 46.5 Å². The molecule has 1 heterocycles. The van der Waals surface area contributed by atoms with E-state index in [4.69, 9.17) is 25.8 Å². The Morgan fingerprint density at radius 1 is 1.12 bits per heavy atom. The molecule has 0 aliphatic rings. The minimum atomic E-state index is -1.10. The molecule has 0 saturated carbocycles. The Balaban J connectivity index is 1.89. The quantitative estimate of drug-likeness (QED) is 0.306. The van der Waals surface area contributed by atoms with Crippen LogP contribution >= 0.6 is 23.4 Å². The Morgan fingerprint density at radius 2 is 1.84 bits per heavy atom. The van der Waals surface area contributed by atoms with Gasteiger partial charge in [0.1, 0.15) is 10.7 Å². The van der Waals surface area contributed by atoms with E-state index in [1.165, 1.54) is 13.2 Å². The number of aromatic amines is 1. The number of carbonyl (C=O) groups is 1. The van der Waals surface area contributed by atoms with Crippen LogP contribution in [0.5, 0.6) is 17.2 Å². The van der Waals surface area contributed by atoms with Crippen LogP contribution < -0.4 is 14.2 Å². The van der Waals surface area contributed by atoms with Crippen LogP contribution in [-0.4, -0.2) is 46.6 Å². The monoisotopic (exact) mass is 475 g/mol. The number of H-pyrrole nitrogens is 1. The van der Waals surface area contributed by atoms with Crippen molar-refractivity contribution in [2.45, 2.75) is 19.0 Å². The van der Waals surface area contributed by atoms with E-state index in [1.807, 2.05) is 13.8 Å². The Labute approximate surface area is 194 Å². The van der Waals surface area contributed by atoms with Gasteiger partial charge < -0.3 is 19.3 Å². The van der Waals surface area contributed by atoms with E-state index in [1.54, 1.807) is 36.4 Å². The van der Waals surface area contributed by atoms with Gasteiger partial charge >= 0.3 is 5.97 Å². The molecule has 2 aromatic carbocycles. The first kappa shape index (κ1) is 23.5. The van der Waals surface area contributed by atoms with E-state index in [0.717, 1.165) is 11.8 Å². The van der Waals surface area contributed by atoms with Gasteiger partial charge in [-0.2, -0.15) is 0 Å². The summed E-state index contributed by atoms with van der Waals surface area (Å²) in [4.78, 5) is 16.3. The number of halogens is 1. The second-order valence-electron chi connectivity index (χ2n) is 6.30. The van der Waals surface area contributed by atoms with Crippen molar-refractivity contribution >= 4 is 35.4 Å². The highest BCUT2D eigenvalue weighted by Gasteiger charge is 2.17. The molecule has 0 bridgehead atoms. The van der Waals surface area contributed by atoms with Gasteiger partial charge in [-0.05, 0) is 67.6 Å². The molecule has 8 nitrogen and oxygen atoms in total. The zero-order valence-corrected chi connectivity index (χ0v) is 19.3. The highest BCUT2D eigenvalue weighted by molar-refractivity contribution is 8.04. The molecular weight excluding hydrogens is 454 g/mol. The fraction of sp³-hybridized carbons (Fsp3) is 0.227. The molecule has 1 aromatic heterocycles. The molecule has 168 valence electrons. The molecule has 32 heavy (non-hydrogen) atoms. The first-order chi connectivity index (χ1) is 15.4.